The second kappa shape index (κ2) is 8.92. The van der Waals surface area contributed by atoms with Crippen LogP contribution in [0.25, 0.3) is 10.6 Å². The Balaban J connectivity index is 1.65. The molecule has 0 saturated heterocycles. The number of hydrogen-bond donors (Lipinski definition) is 2. The summed E-state index contributed by atoms with van der Waals surface area (Å²) >= 11 is 17.6. The van der Waals surface area contributed by atoms with Gasteiger partial charge in [0.2, 0.25) is 5.13 Å². The fourth-order valence-electron chi connectivity index (χ4n) is 2.19. The highest BCUT2D eigenvalue weighted by atomic mass is 35.6. The van der Waals surface area contributed by atoms with Crippen molar-refractivity contribution >= 4 is 74.5 Å². The highest BCUT2D eigenvalue weighted by molar-refractivity contribution is 7.18. The first-order valence-electron chi connectivity index (χ1n) is 8.01. The number of carbonyl (C=O) groups is 2. The Morgan fingerprint density at radius 2 is 1.60 bits per heavy atom. The highest BCUT2D eigenvalue weighted by Crippen LogP contribution is 2.29. The highest BCUT2D eigenvalue weighted by Gasteiger charge is 2.30. The van der Waals surface area contributed by atoms with E-state index in [0.29, 0.717) is 21.8 Å². The zero-order valence-electron chi connectivity index (χ0n) is 14.6. The van der Waals surface area contributed by atoms with Gasteiger partial charge in [0.25, 0.3) is 21.3 Å². The van der Waals surface area contributed by atoms with E-state index in [1.807, 2.05) is 0 Å². The predicted molar refractivity (Wildman–Crippen MR) is 115 cm³/mol. The van der Waals surface area contributed by atoms with E-state index in [2.05, 4.69) is 20.8 Å². The largest absolute Gasteiger partial charge is 0.322 e. The van der Waals surface area contributed by atoms with Crippen LogP contribution in [-0.4, -0.2) is 30.7 Å². The van der Waals surface area contributed by atoms with Crippen molar-refractivity contribution in [3.8, 4) is 10.6 Å². The van der Waals surface area contributed by atoms with E-state index in [4.69, 9.17) is 34.8 Å². The molecular formula is C17H10Cl3N5O4S. The molecule has 2 aromatic carbocycles. The number of nitrogens with one attached hydrogen (secondary N) is 2. The first-order chi connectivity index (χ1) is 14.1. The van der Waals surface area contributed by atoms with Crippen molar-refractivity contribution in [2.75, 3.05) is 10.6 Å². The van der Waals surface area contributed by atoms with Gasteiger partial charge in [-0.25, -0.2) is 0 Å². The Labute approximate surface area is 188 Å². The second-order valence-corrected chi connectivity index (χ2v) is 8.96. The van der Waals surface area contributed by atoms with Crippen molar-refractivity contribution < 1.29 is 14.5 Å². The van der Waals surface area contributed by atoms with Gasteiger partial charge in [0, 0.05) is 28.9 Å². The number of non-ortho nitro benzene ring substituents is 1. The number of carbonyl (C=O) groups excluding carboxylic acids is 2. The number of anilines is 2. The van der Waals surface area contributed by atoms with Crippen LogP contribution in [0.15, 0.2) is 48.5 Å². The number of amides is 2. The van der Waals surface area contributed by atoms with Gasteiger partial charge in [0.15, 0.2) is 0 Å². The molecule has 3 rings (SSSR count). The Hall–Kier alpha value is -2.79. The van der Waals surface area contributed by atoms with E-state index in [1.165, 1.54) is 36.4 Å². The fraction of sp³-hybridized carbons (Fsp3) is 0.0588. The third kappa shape index (κ3) is 5.42. The lowest BCUT2D eigenvalue weighted by atomic mass is 10.2. The standard InChI is InChI=1S/C17H10Cl3N5O4S/c18-17(19,20)15(27)21-11-5-1-9(2-6-11)13(26)22-16-24-23-14(30-16)10-3-7-12(8-4-10)25(28)29/h1-8H,(H,21,27)(H,22,24,26). The monoisotopic (exact) mass is 485 g/mol. The summed E-state index contributed by atoms with van der Waals surface area (Å²) < 4.78 is -2.10. The van der Waals surface area contributed by atoms with E-state index in [-0.39, 0.29) is 10.8 Å². The van der Waals surface area contributed by atoms with Gasteiger partial charge in [-0.3, -0.25) is 25.0 Å². The molecule has 0 aliphatic heterocycles. The van der Waals surface area contributed by atoms with Crippen molar-refractivity contribution in [2.24, 2.45) is 0 Å². The zero-order chi connectivity index (χ0) is 21.9. The van der Waals surface area contributed by atoms with Gasteiger partial charge < -0.3 is 5.32 Å². The maximum Gasteiger partial charge on any atom is 0.276 e. The minimum atomic E-state index is -2.10. The van der Waals surface area contributed by atoms with Crippen LogP contribution in [0.5, 0.6) is 0 Å². The average molecular weight is 487 g/mol. The number of hydrogen-bond acceptors (Lipinski definition) is 7. The molecule has 0 saturated carbocycles. The number of halogens is 3. The van der Waals surface area contributed by atoms with Gasteiger partial charge in [0.05, 0.1) is 4.92 Å². The molecule has 3 aromatic rings. The molecule has 0 radical (unpaired) electrons. The van der Waals surface area contributed by atoms with Crippen molar-refractivity contribution in [3.05, 3.63) is 64.2 Å². The average Bonchev–Trinajstić information content (AvgIpc) is 3.16. The molecule has 1 aromatic heterocycles. The van der Waals surface area contributed by atoms with Crippen LogP contribution in [0, 0.1) is 10.1 Å². The molecule has 0 aliphatic carbocycles. The molecule has 0 spiro atoms. The van der Waals surface area contributed by atoms with Gasteiger partial charge in [-0.1, -0.05) is 46.1 Å². The maximum atomic E-state index is 12.4. The molecule has 2 N–H and O–H groups in total. The number of nitro groups is 1. The van der Waals surface area contributed by atoms with E-state index >= 15 is 0 Å². The zero-order valence-corrected chi connectivity index (χ0v) is 17.7. The molecule has 154 valence electrons. The summed E-state index contributed by atoms with van der Waals surface area (Å²) in [6.07, 6.45) is 0. The van der Waals surface area contributed by atoms with Crippen LogP contribution in [0.2, 0.25) is 0 Å². The van der Waals surface area contributed by atoms with E-state index in [9.17, 15) is 19.7 Å². The normalized spacial score (nSPS) is 11.0. The Morgan fingerprint density at radius 1 is 0.967 bits per heavy atom. The summed E-state index contributed by atoms with van der Waals surface area (Å²) in [6.45, 7) is 0. The first kappa shape index (κ1) is 21.9. The number of benzene rings is 2. The lowest BCUT2D eigenvalue weighted by molar-refractivity contribution is -0.384. The Bertz CT molecular complexity index is 1100. The van der Waals surface area contributed by atoms with Crippen LogP contribution in [0.3, 0.4) is 0 Å². The summed E-state index contributed by atoms with van der Waals surface area (Å²) in [5, 5.41) is 24.4. The second-order valence-electron chi connectivity index (χ2n) is 5.70. The molecule has 13 heteroatoms. The smallest absolute Gasteiger partial charge is 0.276 e. The van der Waals surface area contributed by atoms with Gasteiger partial charge in [-0.15, -0.1) is 10.2 Å². The topological polar surface area (TPSA) is 127 Å². The third-order valence-corrected chi connectivity index (χ3v) is 5.04. The molecule has 30 heavy (non-hydrogen) atoms. The maximum absolute atomic E-state index is 12.4. The van der Waals surface area contributed by atoms with Gasteiger partial charge in [0.1, 0.15) is 5.01 Å². The molecule has 0 atom stereocenters. The van der Waals surface area contributed by atoms with Crippen molar-refractivity contribution in [3.63, 3.8) is 0 Å². The minimum Gasteiger partial charge on any atom is -0.322 e. The lowest BCUT2D eigenvalue weighted by Crippen LogP contribution is -2.26. The lowest BCUT2D eigenvalue weighted by Gasteiger charge is -2.11. The van der Waals surface area contributed by atoms with Crippen molar-refractivity contribution in [1.82, 2.24) is 10.2 Å². The minimum absolute atomic E-state index is 0.0368. The molecule has 0 fully saturated rings. The number of aromatic nitrogens is 2. The number of nitrogens with zero attached hydrogens (tertiary/aromatic N) is 3. The number of rotatable bonds is 5. The molecular weight excluding hydrogens is 477 g/mol. The number of alkyl halides is 3. The summed E-state index contributed by atoms with van der Waals surface area (Å²) in [7, 11) is 0. The van der Waals surface area contributed by atoms with Crippen LogP contribution in [0.4, 0.5) is 16.5 Å². The van der Waals surface area contributed by atoms with Crippen molar-refractivity contribution in [2.45, 2.75) is 3.79 Å². The van der Waals surface area contributed by atoms with Gasteiger partial charge in [-0.2, -0.15) is 0 Å². The fourth-order valence-corrected chi connectivity index (χ4v) is 3.08. The molecule has 2 amide bonds. The summed E-state index contributed by atoms with van der Waals surface area (Å²) in [5.74, 6) is -1.27. The van der Waals surface area contributed by atoms with Crippen LogP contribution in [-0.2, 0) is 4.79 Å². The van der Waals surface area contributed by atoms with Crippen LogP contribution < -0.4 is 10.6 Å². The van der Waals surface area contributed by atoms with Gasteiger partial charge in [-0.05, 0) is 36.4 Å². The molecule has 9 nitrogen and oxygen atoms in total. The molecule has 0 unspecified atom stereocenters. The van der Waals surface area contributed by atoms with E-state index in [0.717, 1.165) is 11.3 Å². The first-order valence-corrected chi connectivity index (χ1v) is 9.96. The molecule has 0 bridgehead atoms. The van der Waals surface area contributed by atoms with Crippen LogP contribution >= 0.6 is 46.1 Å². The summed E-state index contributed by atoms with van der Waals surface area (Å²) in [5.41, 5.74) is 1.24. The number of nitro benzene ring substituents is 1. The Kier molecular flexibility index (Phi) is 6.52. The van der Waals surface area contributed by atoms with Crippen molar-refractivity contribution in [1.29, 1.82) is 0 Å². The van der Waals surface area contributed by atoms with Gasteiger partial charge >= 0.3 is 0 Å². The predicted octanol–water partition coefficient (Wildman–Crippen LogP) is 4.67. The molecule has 0 aliphatic rings. The molecule has 1 heterocycles. The van der Waals surface area contributed by atoms with E-state index < -0.39 is 20.5 Å². The summed E-state index contributed by atoms with van der Waals surface area (Å²) in [6, 6.07) is 11.7. The third-order valence-electron chi connectivity index (χ3n) is 3.63. The summed E-state index contributed by atoms with van der Waals surface area (Å²) in [4.78, 5) is 34.2. The Morgan fingerprint density at radius 3 is 2.17 bits per heavy atom. The quantitative estimate of drug-likeness (QED) is 0.306. The van der Waals surface area contributed by atoms with E-state index in [1.54, 1.807) is 12.1 Å². The SMILES string of the molecule is O=C(Nc1nnc(-c2ccc([N+](=O)[O-])cc2)s1)c1ccc(NC(=O)C(Cl)(Cl)Cl)cc1. The van der Waals surface area contributed by atoms with Crippen LogP contribution in [0.1, 0.15) is 10.4 Å².